The number of amides is 1. The van der Waals surface area contributed by atoms with Crippen LogP contribution in [0.4, 0.5) is 0 Å². The largest absolute Gasteiger partial charge is 0.481 e. The number of likely N-dealkylation sites (N-methyl/N-ethyl adjacent to an activating group) is 1. The minimum Gasteiger partial charge on any atom is -0.481 e. The number of nitrogens with zero attached hydrogens (tertiary/aromatic N) is 4. The fourth-order valence-electron chi connectivity index (χ4n) is 13.4. The molecule has 12 heteroatoms. The van der Waals surface area contributed by atoms with Crippen LogP contribution in [0.2, 0.25) is 0 Å². The number of ether oxygens (including phenoxy) is 1. The molecule has 57 heavy (non-hydrogen) atoms. The van der Waals surface area contributed by atoms with Crippen molar-refractivity contribution in [1.82, 2.24) is 20.0 Å². The SMILES string of the molecule is Cc1nnc(C(=O)N(CCN(C)C)C[C@H](O)[C@@]23CC[C@]4(C)[C@H](CC[C@@H]5[C@@]6(C)CC[C@H](OC(=O)CC(C)(C)C(=O)O)C(C)(C)C6CC[C@]54C)C2=C(C(C)C)C(=O)C3)o1. The number of hydrogen-bond acceptors (Lipinski definition) is 10. The number of aliphatic hydroxyl groups is 1. The molecule has 5 aliphatic carbocycles. The molecule has 6 rings (SSSR count). The highest BCUT2D eigenvalue weighted by molar-refractivity contribution is 6.01. The molecule has 0 saturated heterocycles. The predicted octanol–water partition coefficient (Wildman–Crippen LogP) is 7.14. The number of carboxylic acid groups (broad SMARTS) is 1. The average molecular weight is 795 g/mol. The number of rotatable bonds is 12. The number of fused-ring (bicyclic) bond motifs is 7. The lowest BCUT2D eigenvalue weighted by molar-refractivity contribution is -0.235. The van der Waals surface area contributed by atoms with E-state index >= 15 is 0 Å². The van der Waals surface area contributed by atoms with Crippen LogP contribution in [0, 0.1) is 63.1 Å². The highest BCUT2D eigenvalue weighted by Gasteiger charge is 2.71. The normalized spacial score (nSPS) is 35.3. The lowest BCUT2D eigenvalue weighted by Gasteiger charge is -2.72. The Hall–Kier alpha value is -3.12. The summed E-state index contributed by atoms with van der Waals surface area (Å²) in [5, 5.41) is 30.1. The quantitative estimate of drug-likeness (QED) is 0.207. The summed E-state index contributed by atoms with van der Waals surface area (Å²) in [6, 6.07) is 0. The highest BCUT2D eigenvalue weighted by atomic mass is 16.5. The fourth-order valence-corrected chi connectivity index (χ4v) is 13.4. The number of hydrogen-bond donors (Lipinski definition) is 2. The van der Waals surface area contributed by atoms with Crippen LogP contribution in [-0.4, -0.2) is 99.8 Å². The first-order valence-corrected chi connectivity index (χ1v) is 21.5. The fraction of sp³-hybridized carbons (Fsp3) is 0.822. The number of aliphatic carboxylic acids is 1. The zero-order valence-corrected chi connectivity index (χ0v) is 36.8. The number of esters is 1. The summed E-state index contributed by atoms with van der Waals surface area (Å²) in [4.78, 5) is 56.6. The first-order valence-electron chi connectivity index (χ1n) is 21.5. The second-order valence-electron chi connectivity index (χ2n) is 21.3. The number of aryl methyl sites for hydroxylation is 1. The van der Waals surface area contributed by atoms with E-state index in [0.717, 1.165) is 56.1 Å². The van der Waals surface area contributed by atoms with Crippen LogP contribution in [0.15, 0.2) is 15.6 Å². The van der Waals surface area contributed by atoms with Crippen molar-refractivity contribution in [3.8, 4) is 0 Å². The Morgan fingerprint density at radius 3 is 2.21 bits per heavy atom. The molecule has 0 radical (unpaired) electrons. The zero-order chi connectivity index (χ0) is 42.3. The number of carbonyl (C=O) groups is 4. The van der Waals surface area contributed by atoms with E-state index in [1.807, 2.05) is 19.0 Å². The monoisotopic (exact) mass is 795 g/mol. The van der Waals surface area contributed by atoms with E-state index in [1.165, 1.54) is 0 Å². The van der Waals surface area contributed by atoms with Crippen molar-refractivity contribution in [3.05, 3.63) is 22.9 Å². The summed E-state index contributed by atoms with van der Waals surface area (Å²) in [6.07, 6.45) is 6.04. The van der Waals surface area contributed by atoms with Gasteiger partial charge in [0, 0.05) is 43.8 Å². The maximum absolute atomic E-state index is 14.3. The molecule has 1 amide bonds. The molecule has 0 aromatic carbocycles. The lowest BCUT2D eigenvalue weighted by atomic mass is 9.33. The van der Waals surface area contributed by atoms with Crippen molar-refractivity contribution in [2.75, 3.05) is 33.7 Å². The number of Topliss-reactive ketones (excluding diaryl/α,β-unsaturated/α-hetero) is 1. The van der Waals surface area contributed by atoms with E-state index in [0.29, 0.717) is 37.2 Å². The highest BCUT2D eigenvalue weighted by Crippen LogP contribution is 2.77. The van der Waals surface area contributed by atoms with E-state index in [2.05, 4.69) is 58.7 Å². The maximum atomic E-state index is 14.3. The first kappa shape index (κ1) is 43.5. The van der Waals surface area contributed by atoms with E-state index in [4.69, 9.17) is 9.15 Å². The second kappa shape index (κ2) is 14.9. The molecule has 1 aromatic rings. The van der Waals surface area contributed by atoms with Gasteiger partial charge in [-0.2, -0.15) is 0 Å². The molecule has 318 valence electrons. The van der Waals surface area contributed by atoms with Gasteiger partial charge in [-0.15, -0.1) is 10.2 Å². The minimum absolute atomic E-state index is 0.00290. The molecular weight excluding hydrogens is 725 g/mol. The molecule has 0 spiro atoms. The number of allylic oxidation sites excluding steroid dienone is 1. The Labute approximate surface area is 339 Å². The Balaban J connectivity index is 1.30. The van der Waals surface area contributed by atoms with Gasteiger partial charge in [0.1, 0.15) is 6.10 Å². The summed E-state index contributed by atoms with van der Waals surface area (Å²) in [7, 11) is 3.89. The molecule has 1 unspecified atom stereocenters. The third-order valence-corrected chi connectivity index (χ3v) is 16.7. The second-order valence-corrected chi connectivity index (χ2v) is 21.3. The third kappa shape index (κ3) is 7.00. The Morgan fingerprint density at radius 1 is 0.930 bits per heavy atom. The van der Waals surface area contributed by atoms with Crippen molar-refractivity contribution in [1.29, 1.82) is 0 Å². The van der Waals surface area contributed by atoms with Crippen LogP contribution >= 0.6 is 0 Å². The Morgan fingerprint density at radius 2 is 1.61 bits per heavy atom. The smallest absolute Gasteiger partial charge is 0.311 e. The summed E-state index contributed by atoms with van der Waals surface area (Å²) in [6.45, 7) is 22.0. The van der Waals surface area contributed by atoms with Crippen LogP contribution in [0.1, 0.15) is 143 Å². The van der Waals surface area contributed by atoms with Gasteiger partial charge in [0.15, 0.2) is 5.78 Å². The van der Waals surface area contributed by atoms with Gasteiger partial charge in [0.05, 0.1) is 17.9 Å². The van der Waals surface area contributed by atoms with Crippen molar-refractivity contribution < 1.29 is 38.5 Å². The van der Waals surface area contributed by atoms with Crippen molar-refractivity contribution >= 4 is 23.6 Å². The van der Waals surface area contributed by atoms with Crippen molar-refractivity contribution in [2.45, 2.75) is 146 Å². The van der Waals surface area contributed by atoms with Crippen molar-refractivity contribution in [2.24, 2.45) is 56.2 Å². The third-order valence-electron chi connectivity index (χ3n) is 16.7. The molecule has 0 bridgehead atoms. The van der Waals surface area contributed by atoms with Gasteiger partial charge in [-0.3, -0.25) is 19.2 Å². The molecule has 1 aromatic heterocycles. The van der Waals surface area contributed by atoms with Gasteiger partial charge in [-0.25, -0.2) is 0 Å². The molecule has 4 saturated carbocycles. The van der Waals surface area contributed by atoms with Crippen LogP contribution in [-0.2, 0) is 19.1 Å². The maximum Gasteiger partial charge on any atom is 0.311 e. The van der Waals surface area contributed by atoms with Gasteiger partial charge in [0.2, 0.25) is 5.89 Å². The van der Waals surface area contributed by atoms with E-state index in [9.17, 15) is 29.4 Å². The molecule has 5 aliphatic rings. The first-order chi connectivity index (χ1) is 26.4. The van der Waals surface area contributed by atoms with Gasteiger partial charge in [-0.1, -0.05) is 54.0 Å². The standard InChI is InChI=1S/C45H70N4O8/c1-26(2)35-29(50)23-45(32(51)25-49(22-21-48(11)12)38(53)37-47-46-27(3)56-37)20-19-43(9)28(36(35)45)13-14-31-42(8)17-16-33(57-34(52)24-40(4,5)39(54)55)41(6,7)30(42)15-18-44(31,43)10/h26,28,30-33,51H,13-25H2,1-12H3,(H,54,55)/t28-,30?,31-,32+,33+,42+,43-,44-,45+/m1/s1. The van der Waals surface area contributed by atoms with Crippen LogP contribution in [0.25, 0.3) is 0 Å². The minimum atomic E-state index is -1.19. The number of aromatic nitrogens is 2. The van der Waals surface area contributed by atoms with Crippen molar-refractivity contribution in [3.63, 3.8) is 0 Å². The topological polar surface area (TPSA) is 163 Å². The van der Waals surface area contributed by atoms with Gasteiger partial charge in [-0.05, 0) is 125 Å². The summed E-state index contributed by atoms with van der Waals surface area (Å²) in [5.41, 5.74) is -0.343. The Kier molecular flexibility index (Phi) is 11.3. The van der Waals surface area contributed by atoms with Gasteiger partial charge in [0.25, 0.3) is 0 Å². The summed E-state index contributed by atoms with van der Waals surface area (Å²) >= 11 is 0. The molecule has 0 aliphatic heterocycles. The number of aliphatic hydroxyl groups excluding tert-OH is 1. The molecule has 9 atom stereocenters. The molecule has 4 fully saturated rings. The van der Waals surface area contributed by atoms with E-state index in [1.54, 1.807) is 25.7 Å². The summed E-state index contributed by atoms with van der Waals surface area (Å²) < 4.78 is 11.7. The predicted molar refractivity (Wildman–Crippen MR) is 215 cm³/mol. The molecule has 2 N–H and O–H groups in total. The van der Waals surface area contributed by atoms with E-state index < -0.39 is 34.8 Å². The van der Waals surface area contributed by atoms with Gasteiger partial charge < -0.3 is 29.2 Å². The number of carbonyl (C=O) groups excluding carboxylic acids is 3. The number of carboxylic acids is 1. The van der Waals surface area contributed by atoms with Crippen LogP contribution in [0.5, 0.6) is 0 Å². The van der Waals surface area contributed by atoms with Crippen LogP contribution < -0.4 is 0 Å². The average Bonchev–Trinajstić information content (AvgIpc) is 3.68. The number of ketones is 1. The zero-order valence-electron chi connectivity index (χ0n) is 36.8. The van der Waals surface area contributed by atoms with Crippen LogP contribution in [0.3, 0.4) is 0 Å². The molecule has 1 heterocycles. The molecule has 12 nitrogen and oxygen atoms in total. The lowest BCUT2D eigenvalue weighted by Crippen LogP contribution is -2.66. The molecular formula is C45H70N4O8. The Bertz CT molecular complexity index is 1800. The van der Waals surface area contributed by atoms with Gasteiger partial charge >= 0.3 is 23.7 Å². The summed E-state index contributed by atoms with van der Waals surface area (Å²) in [5.74, 6) is -0.663. The van der Waals surface area contributed by atoms with E-state index in [-0.39, 0.29) is 70.7 Å².